The highest BCUT2D eigenvalue weighted by atomic mass is 16.6. The standard InChI is InChI=1S/C10H10N2O4/c1-11-5-6-8(16-2)4-3-7(12(14)15)9(6)10(11)13/h3-5,13H,1-2H3. The molecule has 2 rings (SSSR count). The van der Waals surface area contributed by atoms with Gasteiger partial charge >= 0.3 is 0 Å². The number of hydrogen-bond acceptors (Lipinski definition) is 4. The lowest BCUT2D eigenvalue weighted by molar-refractivity contribution is -0.383. The summed E-state index contributed by atoms with van der Waals surface area (Å²) >= 11 is 0. The van der Waals surface area contributed by atoms with Crippen molar-refractivity contribution in [2.24, 2.45) is 7.05 Å². The smallest absolute Gasteiger partial charge is 0.282 e. The molecule has 6 heteroatoms. The fourth-order valence-electron chi connectivity index (χ4n) is 1.71. The highest BCUT2D eigenvalue weighted by Crippen LogP contribution is 2.39. The molecule has 1 heterocycles. The van der Waals surface area contributed by atoms with E-state index in [0.29, 0.717) is 11.1 Å². The first-order valence-electron chi connectivity index (χ1n) is 4.55. The monoisotopic (exact) mass is 222 g/mol. The van der Waals surface area contributed by atoms with Gasteiger partial charge in [0.05, 0.1) is 17.4 Å². The molecule has 1 aromatic heterocycles. The summed E-state index contributed by atoms with van der Waals surface area (Å²) < 4.78 is 6.50. The van der Waals surface area contributed by atoms with Crippen LogP contribution in [0.2, 0.25) is 0 Å². The van der Waals surface area contributed by atoms with Crippen molar-refractivity contribution in [2.75, 3.05) is 7.11 Å². The summed E-state index contributed by atoms with van der Waals surface area (Å²) in [7, 11) is 3.09. The summed E-state index contributed by atoms with van der Waals surface area (Å²) in [6.07, 6.45) is 1.59. The van der Waals surface area contributed by atoms with E-state index in [1.54, 1.807) is 13.2 Å². The minimum absolute atomic E-state index is 0.131. The molecule has 84 valence electrons. The quantitative estimate of drug-likeness (QED) is 0.620. The van der Waals surface area contributed by atoms with Crippen LogP contribution in [0.4, 0.5) is 5.69 Å². The van der Waals surface area contributed by atoms with Gasteiger partial charge in [0.1, 0.15) is 11.1 Å². The molecule has 16 heavy (non-hydrogen) atoms. The zero-order valence-electron chi connectivity index (χ0n) is 8.80. The molecule has 0 bridgehead atoms. The van der Waals surface area contributed by atoms with Gasteiger partial charge in [0.2, 0.25) is 5.88 Å². The number of aryl methyl sites for hydroxylation is 1. The second kappa shape index (κ2) is 3.41. The van der Waals surface area contributed by atoms with E-state index in [9.17, 15) is 15.2 Å². The van der Waals surface area contributed by atoms with E-state index in [2.05, 4.69) is 0 Å². The number of aromatic nitrogens is 1. The number of rotatable bonds is 2. The lowest BCUT2D eigenvalue weighted by Crippen LogP contribution is -1.90. The molecular weight excluding hydrogens is 212 g/mol. The van der Waals surface area contributed by atoms with E-state index in [0.717, 1.165) is 0 Å². The minimum Gasteiger partial charge on any atom is -0.496 e. The molecule has 0 atom stereocenters. The molecule has 6 nitrogen and oxygen atoms in total. The predicted octanol–water partition coefficient (Wildman–Crippen LogP) is 1.80. The molecule has 0 saturated carbocycles. The first-order chi connectivity index (χ1) is 7.56. The molecule has 0 aliphatic carbocycles. The SMILES string of the molecule is COc1ccc([N+](=O)[O-])c2c(O)n(C)cc12. The number of fused-ring (bicyclic) bond motifs is 1. The molecule has 1 N–H and O–H groups in total. The molecular formula is C10H10N2O4. The van der Waals surface area contributed by atoms with Crippen LogP contribution in [0.5, 0.6) is 11.6 Å². The first-order valence-corrected chi connectivity index (χ1v) is 4.55. The van der Waals surface area contributed by atoms with Gasteiger partial charge in [0.25, 0.3) is 5.69 Å². The zero-order valence-corrected chi connectivity index (χ0v) is 8.80. The van der Waals surface area contributed by atoms with Gasteiger partial charge < -0.3 is 14.4 Å². The number of nitro groups is 1. The van der Waals surface area contributed by atoms with E-state index in [4.69, 9.17) is 4.74 Å². The van der Waals surface area contributed by atoms with Crippen LogP contribution in [0.1, 0.15) is 0 Å². The number of ether oxygens (including phenoxy) is 1. The topological polar surface area (TPSA) is 77.5 Å². The minimum atomic E-state index is -0.526. The van der Waals surface area contributed by atoms with Gasteiger partial charge in [-0.2, -0.15) is 0 Å². The van der Waals surface area contributed by atoms with Crippen molar-refractivity contribution >= 4 is 16.5 Å². The number of non-ortho nitro benzene ring substituents is 1. The van der Waals surface area contributed by atoms with Crippen molar-refractivity contribution in [1.82, 2.24) is 4.57 Å². The zero-order chi connectivity index (χ0) is 11.9. The lowest BCUT2D eigenvalue weighted by atomic mass is 10.1. The Hall–Kier alpha value is -2.24. The van der Waals surface area contributed by atoms with Crippen LogP contribution in [0.15, 0.2) is 18.3 Å². The Morgan fingerprint density at radius 2 is 2.19 bits per heavy atom. The van der Waals surface area contributed by atoms with Gasteiger partial charge in [0.15, 0.2) is 0 Å². The van der Waals surface area contributed by atoms with Crippen molar-refractivity contribution in [3.8, 4) is 11.6 Å². The number of benzene rings is 1. The maximum absolute atomic E-state index is 10.8. The summed E-state index contributed by atoms with van der Waals surface area (Å²) in [6, 6.07) is 2.83. The van der Waals surface area contributed by atoms with Crippen LogP contribution in [-0.4, -0.2) is 21.7 Å². The molecule has 0 aliphatic heterocycles. The molecule has 0 radical (unpaired) electrons. The third-order valence-electron chi connectivity index (χ3n) is 2.48. The van der Waals surface area contributed by atoms with Crippen LogP contribution in [-0.2, 0) is 7.05 Å². The molecule has 1 aromatic carbocycles. The number of methoxy groups -OCH3 is 1. The van der Waals surface area contributed by atoms with Gasteiger partial charge in [-0.1, -0.05) is 0 Å². The lowest BCUT2D eigenvalue weighted by Gasteiger charge is -2.01. The number of aromatic hydroxyl groups is 1. The molecule has 0 saturated heterocycles. The Bertz CT molecular complexity index is 574. The Labute approximate surface area is 90.8 Å². The molecule has 0 spiro atoms. The Kier molecular flexibility index (Phi) is 2.19. The fourth-order valence-corrected chi connectivity index (χ4v) is 1.71. The van der Waals surface area contributed by atoms with Crippen molar-refractivity contribution in [3.05, 3.63) is 28.4 Å². The molecule has 2 aromatic rings. The largest absolute Gasteiger partial charge is 0.496 e. The average molecular weight is 222 g/mol. The van der Waals surface area contributed by atoms with Gasteiger partial charge in [-0.25, -0.2) is 0 Å². The summed E-state index contributed by atoms with van der Waals surface area (Å²) in [5.74, 6) is 0.358. The second-order valence-corrected chi connectivity index (χ2v) is 3.40. The van der Waals surface area contributed by atoms with Crippen molar-refractivity contribution in [2.45, 2.75) is 0 Å². The van der Waals surface area contributed by atoms with Gasteiger partial charge in [-0.3, -0.25) is 10.1 Å². The van der Waals surface area contributed by atoms with Crippen molar-refractivity contribution in [3.63, 3.8) is 0 Å². The van der Waals surface area contributed by atoms with Crippen LogP contribution < -0.4 is 4.74 Å². The van der Waals surface area contributed by atoms with Crippen molar-refractivity contribution < 1.29 is 14.8 Å². The molecule has 0 unspecified atom stereocenters. The van der Waals surface area contributed by atoms with E-state index in [1.807, 2.05) is 0 Å². The van der Waals surface area contributed by atoms with Crippen LogP contribution in [0, 0.1) is 10.1 Å². The van der Waals surface area contributed by atoms with Gasteiger partial charge in [0, 0.05) is 19.3 Å². The Balaban J connectivity index is 2.91. The summed E-state index contributed by atoms with van der Waals surface area (Å²) in [6.45, 7) is 0. The highest BCUT2D eigenvalue weighted by molar-refractivity contribution is 5.99. The van der Waals surface area contributed by atoms with Crippen molar-refractivity contribution in [1.29, 1.82) is 0 Å². The third-order valence-corrected chi connectivity index (χ3v) is 2.48. The summed E-state index contributed by atoms with van der Waals surface area (Å²) in [5.41, 5.74) is -0.131. The fraction of sp³-hybridized carbons (Fsp3) is 0.200. The summed E-state index contributed by atoms with van der Waals surface area (Å²) in [5, 5.41) is 21.3. The molecule has 0 fully saturated rings. The van der Waals surface area contributed by atoms with E-state index >= 15 is 0 Å². The highest BCUT2D eigenvalue weighted by Gasteiger charge is 2.21. The molecule has 0 aliphatic rings. The first kappa shape index (κ1) is 10.3. The summed E-state index contributed by atoms with van der Waals surface area (Å²) in [4.78, 5) is 10.3. The third kappa shape index (κ3) is 1.27. The maximum atomic E-state index is 10.8. The van der Waals surface area contributed by atoms with E-state index in [1.165, 1.54) is 23.8 Å². The molecule has 0 amide bonds. The van der Waals surface area contributed by atoms with E-state index in [-0.39, 0.29) is 17.0 Å². The van der Waals surface area contributed by atoms with Gasteiger partial charge in [-0.15, -0.1) is 0 Å². The number of nitro benzene ring substituents is 1. The number of hydrogen-bond donors (Lipinski definition) is 1. The van der Waals surface area contributed by atoms with Crippen LogP contribution in [0.3, 0.4) is 0 Å². The average Bonchev–Trinajstić information content (AvgIpc) is 2.54. The predicted molar refractivity (Wildman–Crippen MR) is 57.8 cm³/mol. The Morgan fingerprint density at radius 1 is 1.50 bits per heavy atom. The van der Waals surface area contributed by atoms with Crippen LogP contribution >= 0.6 is 0 Å². The Morgan fingerprint density at radius 3 is 2.75 bits per heavy atom. The number of nitrogens with zero attached hydrogens (tertiary/aromatic N) is 2. The van der Waals surface area contributed by atoms with Crippen LogP contribution in [0.25, 0.3) is 10.8 Å². The normalized spacial score (nSPS) is 10.6. The van der Waals surface area contributed by atoms with Gasteiger partial charge in [-0.05, 0) is 6.07 Å². The second-order valence-electron chi connectivity index (χ2n) is 3.40. The maximum Gasteiger partial charge on any atom is 0.282 e. The van der Waals surface area contributed by atoms with E-state index < -0.39 is 4.92 Å².